The monoisotopic (exact) mass is 259 g/mol. The molecule has 0 aromatic carbocycles. The van der Waals surface area contributed by atoms with Gasteiger partial charge in [0.15, 0.2) is 5.41 Å². The summed E-state index contributed by atoms with van der Waals surface area (Å²) in [5.41, 5.74) is 5.62. The molecule has 0 saturated carbocycles. The number of nitrogens with two attached hydrogens (primary N) is 2. The fourth-order valence-electron chi connectivity index (χ4n) is 1.89. The molecule has 7 heteroatoms. The van der Waals surface area contributed by atoms with Crippen LogP contribution in [0.5, 0.6) is 0 Å². The number of hydrazine groups is 1. The van der Waals surface area contributed by atoms with Crippen LogP contribution in [-0.4, -0.2) is 30.3 Å². The van der Waals surface area contributed by atoms with Gasteiger partial charge in [-0.05, 0) is 27.2 Å². The van der Waals surface area contributed by atoms with Gasteiger partial charge in [0.25, 0.3) is 5.91 Å². The van der Waals surface area contributed by atoms with Crippen LogP contribution in [0.4, 0.5) is 0 Å². The van der Waals surface area contributed by atoms with Crippen molar-refractivity contribution in [3.05, 3.63) is 0 Å². The van der Waals surface area contributed by atoms with Crippen molar-refractivity contribution in [1.82, 2.24) is 5.43 Å². The largest absolute Gasteiger partial charge is 0.459 e. The summed E-state index contributed by atoms with van der Waals surface area (Å²) in [6, 6.07) is 0. The first-order chi connectivity index (χ1) is 8.21. The molecular weight excluding hydrogens is 238 g/mol. The Morgan fingerprint density at radius 1 is 1.44 bits per heavy atom. The number of esters is 1. The molecule has 2 unspecified atom stereocenters. The third kappa shape index (κ3) is 3.18. The fourth-order valence-corrected chi connectivity index (χ4v) is 1.89. The Morgan fingerprint density at radius 2 is 2.06 bits per heavy atom. The highest BCUT2D eigenvalue weighted by molar-refractivity contribution is 6.02. The van der Waals surface area contributed by atoms with Gasteiger partial charge in [-0.15, -0.1) is 0 Å². The third-order valence-corrected chi connectivity index (χ3v) is 2.77. The SMILES string of the molecule is CC(C)(C)OC(=O)C1(C(=O)NN)CCOC(N)C1. The number of carbonyl (C=O) groups excluding carboxylic acids is 2. The minimum absolute atomic E-state index is 0.0605. The molecule has 1 aliphatic rings. The number of carbonyl (C=O) groups is 2. The number of amides is 1. The van der Waals surface area contributed by atoms with Crippen molar-refractivity contribution in [2.45, 2.75) is 45.4 Å². The number of ether oxygens (including phenoxy) is 2. The first kappa shape index (κ1) is 14.9. The summed E-state index contributed by atoms with van der Waals surface area (Å²) in [5.74, 6) is 3.94. The van der Waals surface area contributed by atoms with Gasteiger partial charge in [0, 0.05) is 6.42 Å². The molecule has 0 radical (unpaired) electrons. The summed E-state index contributed by atoms with van der Waals surface area (Å²) in [6.45, 7) is 5.42. The minimum atomic E-state index is -1.36. The summed E-state index contributed by atoms with van der Waals surface area (Å²) in [5, 5.41) is 0. The maximum atomic E-state index is 12.2. The normalized spacial score (nSPS) is 28.6. The Kier molecular flexibility index (Phi) is 4.31. The molecule has 18 heavy (non-hydrogen) atoms. The van der Waals surface area contributed by atoms with Gasteiger partial charge in [0.2, 0.25) is 0 Å². The van der Waals surface area contributed by atoms with Crippen molar-refractivity contribution in [2.24, 2.45) is 17.0 Å². The molecule has 1 aliphatic heterocycles. The van der Waals surface area contributed by atoms with E-state index in [1.54, 1.807) is 20.8 Å². The quantitative estimate of drug-likeness (QED) is 0.200. The molecular formula is C11H21N3O4. The molecule has 0 aromatic rings. The fraction of sp³-hybridized carbons (Fsp3) is 0.818. The molecule has 2 atom stereocenters. The Balaban J connectivity index is 2.97. The Bertz CT molecular complexity index is 340. The summed E-state index contributed by atoms with van der Waals surface area (Å²) in [4.78, 5) is 24.1. The van der Waals surface area contributed by atoms with E-state index in [0.29, 0.717) is 0 Å². The average Bonchev–Trinajstić information content (AvgIpc) is 2.25. The van der Waals surface area contributed by atoms with Crippen LogP contribution in [0, 0.1) is 5.41 Å². The minimum Gasteiger partial charge on any atom is -0.459 e. The van der Waals surface area contributed by atoms with Crippen LogP contribution in [0.2, 0.25) is 0 Å². The number of hydrogen-bond acceptors (Lipinski definition) is 6. The van der Waals surface area contributed by atoms with Crippen molar-refractivity contribution >= 4 is 11.9 Å². The van der Waals surface area contributed by atoms with Crippen molar-refractivity contribution in [3.63, 3.8) is 0 Å². The molecule has 0 bridgehead atoms. The zero-order valence-electron chi connectivity index (χ0n) is 11.0. The van der Waals surface area contributed by atoms with E-state index in [0.717, 1.165) is 0 Å². The number of rotatable bonds is 2. The summed E-state index contributed by atoms with van der Waals surface area (Å²) in [6.07, 6.45) is -0.410. The van der Waals surface area contributed by atoms with E-state index in [2.05, 4.69) is 0 Å². The van der Waals surface area contributed by atoms with E-state index in [1.165, 1.54) is 0 Å². The lowest BCUT2D eigenvalue weighted by molar-refractivity contribution is -0.180. The average molecular weight is 259 g/mol. The van der Waals surface area contributed by atoms with Gasteiger partial charge in [-0.3, -0.25) is 15.0 Å². The van der Waals surface area contributed by atoms with E-state index in [4.69, 9.17) is 21.1 Å². The molecule has 1 saturated heterocycles. The second-order valence-electron chi connectivity index (χ2n) is 5.42. The Labute approximate surface area is 106 Å². The van der Waals surface area contributed by atoms with Crippen LogP contribution < -0.4 is 17.0 Å². The standard InChI is InChI=1S/C11H21N3O4/c1-10(2,3)18-9(16)11(8(15)14-13)4-5-17-7(12)6-11/h7H,4-6,12-13H2,1-3H3,(H,14,15). The summed E-state index contributed by atoms with van der Waals surface area (Å²) < 4.78 is 10.4. The van der Waals surface area contributed by atoms with Crippen molar-refractivity contribution < 1.29 is 19.1 Å². The first-order valence-electron chi connectivity index (χ1n) is 5.83. The maximum Gasteiger partial charge on any atom is 0.322 e. The van der Waals surface area contributed by atoms with Gasteiger partial charge in [-0.25, -0.2) is 5.84 Å². The predicted molar refractivity (Wildman–Crippen MR) is 63.8 cm³/mol. The van der Waals surface area contributed by atoms with Gasteiger partial charge < -0.3 is 15.2 Å². The maximum absolute atomic E-state index is 12.2. The van der Waals surface area contributed by atoms with Gasteiger partial charge in [-0.2, -0.15) is 0 Å². The predicted octanol–water partition coefficient (Wildman–Crippen LogP) is -0.600. The van der Waals surface area contributed by atoms with Crippen LogP contribution in [0.1, 0.15) is 33.6 Å². The molecule has 1 rings (SSSR count). The summed E-state index contributed by atoms with van der Waals surface area (Å²) in [7, 11) is 0. The van der Waals surface area contributed by atoms with E-state index in [9.17, 15) is 9.59 Å². The molecule has 1 heterocycles. The van der Waals surface area contributed by atoms with Crippen molar-refractivity contribution in [3.8, 4) is 0 Å². The highest BCUT2D eigenvalue weighted by Crippen LogP contribution is 2.35. The highest BCUT2D eigenvalue weighted by atomic mass is 16.6. The van der Waals surface area contributed by atoms with E-state index < -0.39 is 29.1 Å². The number of nitrogens with one attached hydrogen (secondary N) is 1. The lowest BCUT2D eigenvalue weighted by Crippen LogP contribution is -2.56. The highest BCUT2D eigenvalue weighted by Gasteiger charge is 2.51. The van der Waals surface area contributed by atoms with E-state index >= 15 is 0 Å². The second-order valence-corrected chi connectivity index (χ2v) is 5.42. The molecule has 7 nitrogen and oxygen atoms in total. The Morgan fingerprint density at radius 3 is 2.50 bits per heavy atom. The lowest BCUT2D eigenvalue weighted by atomic mass is 9.78. The van der Waals surface area contributed by atoms with Gasteiger partial charge in [0.1, 0.15) is 11.8 Å². The molecule has 0 aromatic heterocycles. The molecule has 1 amide bonds. The molecule has 104 valence electrons. The van der Waals surface area contributed by atoms with Crippen LogP contribution >= 0.6 is 0 Å². The molecule has 1 fully saturated rings. The Hall–Kier alpha value is -1.18. The van der Waals surface area contributed by atoms with Crippen molar-refractivity contribution in [1.29, 1.82) is 0 Å². The first-order valence-corrected chi connectivity index (χ1v) is 5.83. The van der Waals surface area contributed by atoms with Crippen LogP contribution in [0.3, 0.4) is 0 Å². The third-order valence-electron chi connectivity index (χ3n) is 2.77. The zero-order valence-corrected chi connectivity index (χ0v) is 11.0. The molecule has 0 spiro atoms. The molecule has 0 aliphatic carbocycles. The number of hydrogen-bond donors (Lipinski definition) is 3. The van der Waals surface area contributed by atoms with E-state index in [1.807, 2.05) is 5.43 Å². The second kappa shape index (κ2) is 5.21. The van der Waals surface area contributed by atoms with Gasteiger partial charge in [0.05, 0.1) is 6.61 Å². The topological polar surface area (TPSA) is 117 Å². The smallest absolute Gasteiger partial charge is 0.322 e. The van der Waals surface area contributed by atoms with Crippen molar-refractivity contribution in [2.75, 3.05) is 6.61 Å². The van der Waals surface area contributed by atoms with E-state index in [-0.39, 0.29) is 19.4 Å². The van der Waals surface area contributed by atoms with Gasteiger partial charge in [-0.1, -0.05) is 0 Å². The lowest BCUT2D eigenvalue weighted by Gasteiger charge is -2.37. The van der Waals surface area contributed by atoms with Crippen LogP contribution in [-0.2, 0) is 19.1 Å². The summed E-state index contributed by atoms with van der Waals surface area (Å²) >= 11 is 0. The zero-order chi connectivity index (χ0) is 14.0. The van der Waals surface area contributed by atoms with Crippen LogP contribution in [0.15, 0.2) is 0 Å². The van der Waals surface area contributed by atoms with Crippen LogP contribution in [0.25, 0.3) is 0 Å². The van der Waals surface area contributed by atoms with Gasteiger partial charge >= 0.3 is 5.97 Å². The molecule has 5 N–H and O–H groups in total.